The number of pyridine rings is 1. The number of benzene rings is 6. The van der Waals surface area contributed by atoms with Crippen molar-refractivity contribution in [1.29, 1.82) is 0 Å². The lowest BCUT2D eigenvalue weighted by molar-refractivity contribution is 1.07. The summed E-state index contributed by atoms with van der Waals surface area (Å²) in [7, 11) is 0. The fourth-order valence-electron chi connectivity index (χ4n) is 6.53. The largest absolute Gasteiger partial charge is 0.256 e. The van der Waals surface area contributed by atoms with Gasteiger partial charge in [-0.2, -0.15) is 0 Å². The van der Waals surface area contributed by atoms with E-state index in [9.17, 15) is 0 Å². The van der Waals surface area contributed by atoms with Crippen LogP contribution in [0.4, 0.5) is 0 Å². The summed E-state index contributed by atoms with van der Waals surface area (Å²) in [4.78, 5) is 19.3. The SMILES string of the molecule is c1ccc(-c2nc(-c3ccc(-c4ccccn4)cc3)nc(-c3ccc(-c4ccc5c6c(cccc46)-c4ccccc4-5)cc3)n2)cc1. The molecule has 0 amide bonds. The summed E-state index contributed by atoms with van der Waals surface area (Å²) in [6.45, 7) is 0. The highest BCUT2D eigenvalue weighted by atomic mass is 15.0. The molecule has 46 heavy (non-hydrogen) atoms. The van der Waals surface area contributed by atoms with Crippen molar-refractivity contribution in [3.8, 4) is 78.8 Å². The lowest BCUT2D eigenvalue weighted by atomic mass is 9.94. The third-order valence-corrected chi connectivity index (χ3v) is 8.77. The Labute approximate surface area is 266 Å². The molecule has 214 valence electrons. The monoisotopic (exact) mass is 586 g/mol. The minimum Gasteiger partial charge on any atom is -0.256 e. The second-order valence-corrected chi connectivity index (χ2v) is 11.5. The molecule has 1 aliphatic carbocycles. The second kappa shape index (κ2) is 10.7. The molecule has 0 fully saturated rings. The lowest BCUT2D eigenvalue weighted by Gasteiger charge is -2.11. The van der Waals surface area contributed by atoms with E-state index in [-0.39, 0.29) is 0 Å². The molecule has 0 aliphatic heterocycles. The second-order valence-electron chi connectivity index (χ2n) is 11.5. The highest BCUT2D eigenvalue weighted by molar-refractivity contribution is 6.18. The molecule has 0 radical (unpaired) electrons. The van der Waals surface area contributed by atoms with Crippen LogP contribution in [0.15, 0.2) is 158 Å². The van der Waals surface area contributed by atoms with E-state index < -0.39 is 0 Å². The average Bonchev–Trinajstić information content (AvgIpc) is 3.47. The normalized spacial score (nSPS) is 11.5. The first-order valence-electron chi connectivity index (χ1n) is 15.4. The van der Waals surface area contributed by atoms with E-state index in [1.807, 2.05) is 54.7 Å². The smallest absolute Gasteiger partial charge is 0.164 e. The summed E-state index contributed by atoms with van der Waals surface area (Å²) in [5.74, 6) is 1.91. The summed E-state index contributed by atoms with van der Waals surface area (Å²) in [5, 5.41) is 2.59. The molecule has 0 bridgehead atoms. The lowest BCUT2D eigenvalue weighted by Crippen LogP contribution is -2.00. The van der Waals surface area contributed by atoms with E-state index in [0.717, 1.165) is 33.5 Å². The Morgan fingerprint density at radius 2 is 0.804 bits per heavy atom. The van der Waals surface area contributed by atoms with Crippen molar-refractivity contribution in [3.63, 3.8) is 0 Å². The molecule has 4 nitrogen and oxygen atoms in total. The van der Waals surface area contributed by atoms with Gasteiger partial charge in [-0.3, -0.25) is 4.98 Å². The Morgan fingerprint density at radius 1 is 0.304 bits per heavy atom. The number of fused-ring (bicyclic) bond motifs is 3. The van der Waals surface area contributed by atoms with E-state index in [0.29, 0.717) is 17.5 Å². The summed E-state index contributed by atoms with van der Waals surface area (Å²) < 4.78 is 0. The van der Waals surface area contributed by atoms with Gasteiger partial charge in [-0.1, -0.05) is 140 Å². The van der Waals surface area contributed by atoms with Gasteiger partial charge in [0.25, 0.3) is 0 Å². The Morgan fingerprint density at radius 3 is 1.43 bits per heavy atom. The van der Waals surface area contributed by atoms with Crippen LogP contribution in [0, 0.1) is 0 Å². The van der Waals surface area contributed by atoms with Crippen LogP contribution in [-0.4, -0.2) is 19.9 Å². The Kier molecular flexibility index (Phi) is 6.10. The van der Waals surface area contributed by atoms with Crippen LogP contribution < -0.4 is 0 Å². The molecule has 1 aliphatic rings. The number of hydrogen-bond acceptors (Lipinski definition) is 4. The quantitative estimate of drug-likeness (QED) is 0.201. The Bertz CT molecular complexity index is 2350. The average molecular weight is 587 g/mol. The van der Waals surface area contributed by atoms with E-state index in [1.54, 1.807) is 0 Å². The minimum atomic E-state index is 0.632. The van der Waals surface area contributed by atoms with E-state index in [1.165, 1.54) is 38.6 Å². The summed E-state index contributed by atoms with van der Waals surface area (Å²) in [6, 6.07) is 52.7. The number of hydrogen-bond donors (Lipinski definition) is 0. The van der Waals surface area contributed by atoms with Crippen LogP contribution in [0.1, 0.15) is 0 Å². The van der Waals surface area contributed by atoms with Gasteiger partial charge in [0.1, 0.15) is 0 Å². The predicted octanol–water partition coefficient (Wildman–Crippen LogP) is 10.4. The van der Waals surface area contributed by atoms with Gasteiger partial charge < -0.3 is 0 Å². The standard InChI is InChI=1S/C42H26N4/c1-2-9-29(10-3-1)40-44-41(46-42(45-40)31-22-18-28(19-23-31)38-15-6-7-26-43-38)30-20-16-27(17-21-30)32-24-25-37-34-12-5-4-11-33(34)36-14-8-13-35(32)39(36)37/h1-26H. The molecular formula is C42H26N4. The molecule has 0 saturated carbocycles. The van der Waals surface area contributed by atoms with Crippen LogP contribution in [0.3, 0.4) is 0 Å². The Balaban J connectivity index is 1.11. The third kappa shape index (κ3) is 4.39. The van der Waals surface area contributed by atoms with Crippen LogP contribution in [-0.2, 0) is 0 Å². The van der Waals surface area contributed by atoms with Crippen LogP contribution in [0.5, 0.6) is 0 Å². The number of aromatic nitrogens is 4. The van der Waals surface area contributed by atoms with Crippen molar-refractivity contribution in [3.05, 3.63) is 158 Å². The van der Waals surface area contributed by atoms with E-state index >= 15 is 0 Å². The minimum absolute atomic E-state index is 0.632. The molecule has 0 unspecified atom stereocenters. The number of nitrogens with zero attached hydrogens (tertiary/aromatic N) is 4. The molecule has 0 spiro atoms. The van der Waals surface area contributed by atoms with Gasteiger partial charge in [-0.05, 0) is 56.3 Å². The zero-order valence-electron chi connectivity index (χ0n) is 24.8. The highest BCUT2D eigenvalue weighted by Gasteiger charge is 2.22. The molecule has 9 rings (SSSR count). The fraction of sp³-hybridized carbons (Fsp3) is 0. The van der Waals surface area contributed by atoms with Gasteiger partial charge in [-0.15, -0.1) is 0 Å². The van der Waals surface area contributed by atoms with Crippen molar-refractivity contribution in [1.82, 2.24) is 19.9 Å². The van der Waals surface area contributed by atoms with Crippen molar-refractivity contribution >= 4 is 10.8 Å². The van der Waals surface area contributed by atoms with Gasteiger partial charge in [0.2, 0.25) is 0 Å². The molecule has 0 N–H and O–H groups in total. The van der Waals surface area contributed by atoms with E-state index in [2.05, 4.69) is 108 Å². The van der Waals surface area contributed by atoms with Crippen LogP contribution in [0.25, 0.3) is 89.6 Å². The fourth-order valence-corrected chi connectivity index (χ4v) is 6.53. The molecule has 2 aromatic heterocycles. The molecule has 8 aromatic rings. The van der Waals surface area contributed by atoms with Crippen molar-refractivity contribution in [2.24, 2.45) is 0 Å². The maximum absolute atomic E-state index is 4.97. The first kappa shape index (κ1) is 26.2. The van der Waals surface area contributed by atoms with Crippen LogP contribution in [0.2, 0.25) is 0 Å². The summed E-state index contributed by atoms with van der Waals surface area (Å²) in [5.41, 5.74) is 12.4. The Hall–Kier alpha value is -6.26. The van der Waals surface area contributed by atoms with Crippen molar-refractivity contribution < 1.29 is 0 Å². The van der Waals surface area contributed by atoms with Gasteiger partial charge in [0, 0.05) is 28.5 Å². The van der Waals surface area contributed by atoms with Gasteiger partial charge in [0.05, 0.1) is 5.69 Å². The summed E-state index contributed by atoms with van der Waals surface area (Å²) >= 11 is 0. The molecule has 0 atom stereocenters. The third-order valence-electron chi connectivity index (χ3n) is 8.77. The molecular weight excluding hydrogens is 560 g/mol. The first-order chi connectivity index (χ1) is 22.8. The van der Waals surface area contributed by atoms with Gasteiger partial charge in [0.15, 0.2) is 17.5 Å². The van der Waals surface area contributed by atoms with E-state index in [4.69, 9.17) is 15.0 Å². The highest BCUT2D eigenvalue weighted by Crippen LogP contribution is 2.49. The predicted molar refractivity (Wildman–Crippen MR) is 187 cm³/mol. The topological polar surface area (TPSA) is 51.6 Å². The first-order valence-corrected chi connectivity index (χ1v) is 15.4. The molecule has 4 heteroatoms. The zero-order valence-corrected chi connectivity index (χ0v) is 24.8. The van der Waals surface area contributed by atoms with Gasteiger partial charge >= 0.3 is 0 Å². The summed E-state index contributed by atoms with van der Waals surface area (Å²) in [6.07, 6.45) is 1.81. The number of rotatable bonds is 5. The maximum Gasteiger partial charge on any atom is 0.164 e. The van der Waals surface area contributed by atoms with Crippen molar-refractivity contribution in [2.75, 3.05) is 0 Å². The maximum atomic E-state index is 4.97. The molecule has 6 aromatic carbocycles. The van der Waals surface area contributed by atoms with Crippen LogP contribution >= 0.6 is 0 Å². The molecule has 2 heterocycles. The molecule has 0 saturated heterocycles. The van der Waals surface area contributed by atoms with Gasteiger partial charge in [-0.25, -0.2) is 15.0 Å². The van der Waals surface area contributed by atoms with Crippen molar-refractivity contribution in [2.45, 2.75) is 0 Å². The zero-order chi connectivity index (χ0) is 30.5.